The molecule has 0 amide bonds. The lowest BCUT2D eigenvalue weighted by Crippen LogP contribution is -2.21. The summed E-state index contributed by atoms with van der Waals surface area (Å²) in [7, 11) is 0. The average molecular weight is 297 g/mol. The third kappa shape index (κ3) is 3.91. The van der Waals surface area contributed by atoms with Crippen LogP contribution in [0, 0.1) is 0 Å². The Bertz CT molecular complexity index is 514. The number of aliphatic hydroxyl groups is 1. The normalized spacial score (nSPS) is 12.4. The van der Waals surface area contributed by atoms with Gasteiger partial charge in [-0.25, -0.2) is 0 Å². The van der Waals surface area contributed by atoms with Crippen molar-refractivity contribution in [3.05, 3.63) is 63.9 Å². The largest absolute Gasteiger partial charge is 0.387 e. The highest BCUT2D eigenvalue weighted by Crippen LogP contribution is 2.29. The molecular formula is C14H14Cl2N2O. The maximum atomic E-state index is 10.1. The van der Waals surface area contributed by atoms with E-state index in [2.05, 4.69) is 10.3 Å². The average Bonchev–Trinajstić information content (AvgIpc) is 2.40. The maximum absolute atomic E-state index is 10.1. The van der Waals surface area contributed by atoms with Crippen LogP contribution in [0.2, 0.25) is 10.0 Å². The molecule has 100 valence electrons. The van der Waals surface area contributed by atoms with Gasteiger partial charge in [-0.2, -0.15) is 0 Å². The molecule has 0 saturated heterocycles. The molecule has 19 heavy (non-hydrogen) atoms. The van der Waals surface area contributed by atoms with Gasteiger partial charge in [-0.15, -0.1) is 0 Å². The Hall–Kier alpha value is -1.13. The summed E-state index contributed by atoms with van der Waals surface area (Å²) in [5.74, 6) is 0. The molecular weight excluding hydrogens is 283 g/mol. The van der Waals surface area contributed by atoms with Crippen LogP contribution in [0.1, 0.15) is 17.2 Å². The number of hydrogen-bond acceptors (Lipinski definition) is 3. The van der Waals surface area contributed by atoms with E-state index in [1.54, 1.807) is 30.6 Å². The van der Waals surface area contributed by atoms with E-state index in [1.165, 1.54) is 0 Å². The molecule has 0 aliphatic heterocycles. The molecule has 0 radical (unpaired) electrons. The minimum absolute atomic E-state index is 0.381. The molecule has 0 fully saturated rings. The second kappa shape index (κ2) is 6.87. The van der Waals surface area contributed by atoms with Gasteiger partial charge in [-0.3, -0.25) is 4.98 Å². The van der Waals surface area contributed by atoms with Gasteiger partial charge in [0.05, 0.1) is 6.10 Å². The monoisotopic (exact) mass is 296 g/mol. The summed E-state index contributed by atoms with van der Waals surface area (Å²) in [5.41, 5.74) is 1.67. The Balaban J connectivity index is 1.93. The van der Waals surface area contributed by atoms with Gasteiger partial charge in [0.2, 0.25) is 0 Å². The van der Waals surface area contributed by atoms with Gasteiger partial charge in [-0.05, 0) is 29.8 Å². The van der Waals surface area contributed by atoms with Crippen molar-refractivity contribution < 1.29 is 5.11 Å². The number of aliphatic hydroxyl groups excluding tert-OH is 1. The van der Waals surface area contributed by atoms with E-state index in [1.807, 2.05) is 12.1 Å². The summed E-state index contributed by atoms with van der Waals surface area (Å²) < 4.78 is 0. The predicted octanol–water partition coefficient (Wildman–Crippen LogP) is 3.21. The summed E-state index contributed by atoms with van der Waals surface area (Å²) >= 11 is 12.1. The van der Waals surface area contributed by atoms with Crippen LogP contribution in [0.3, 0.4) is 0 Å². The zero-order valence-electron chi connectivity index (χ0n) is 10.2. The van der Waals surface area contributed by atoms with Crippen molar-refractivity contribution in [2.45, 2.75) is 12.6 Å². The highest BCUT2D eigenvalue weighted by Gasteiger charge is 2.14. The predicted molar refractivity (Wildman–Crippen MR) is 77.4 cm³/mol. The van der Waals surface area contributed by atoms with E-state index in [-0.39, 0.29) is 0 Å². The van der Waals surface area contributed by atoms with E-state index in [4.69, 9.17) is 23.2 Å². The van der Waals surface area contributed by atoms with Gasteiger partial charge < -0.3 is 10.4 Å². The first-order valence-corrected chi connectivity index (χ1v) is 6.65. The SMILES string of the molecule is OC(CNCc1ccncc1)c1c(Cl)cccc1Cl. The second-order valence-electron chi connectivity index (χ2n) is 4.14. The molecule has 0 aliphatic carbocycles. The standard InChI is InChI=1S/C14H14Cl2N2O/c15-11-2-1-3-12(16)14(11)13(19)9-18-8-10-4-6-17-7-5-10/h1-7,13,18-19H,8-9H2. The van der Waals surface area contributed by atoms with Crippen LogP contribution in [-0.2, 0) is 6.54 Å². The van der Waals surface area contributed by atoms with E-state index in [9.17, 15) is 5.11 Å². The first-order valence-electron chi connectivity index (χ1n) is 5.90. The zero-order valence-corrected chi connectivity index (χ0v) is 11.7. The first kappa shape index (κ1) is 14.3. The molecule has 1 heterocycles. The number of aromatic nitrogens is 1. The van der Waals surface area contributed by atoms with Crippen LogP contribution < -0.4 is 5.32 Å². The van der Waals surface area contributed by atoms with Crippen LogP contribution in [0.5, 0.6) is 0 Å². The molecule has 3 nitrogen and oxygen atoms in total. The van der Waals surface area contributed by atoms with Crippen LogP contribution in [-0.4, -0.2) is 16.6 Å². The van der Waals surface area contributed by atoms with E-state index in [0.717, 1.165) is 5.56 Å². The van der Waals surface area contributed by atoms with Crippen molar-refractivity contribution in [2.24, 2.45) is 0 Å². The van der Waals surface area contributed by atoms with E-state index in [0.29, 0.717) is 28.7 Å². The van der Waals surface area contributed by atoms with Crippen LogP contribution in [0.4, 0.5) is 0 Å². The summed E-state index contributed by atoms with van der Waals surface area (Å²) in [4.78, 5) is 3.95. The molecule has 0 aliphatic rings. The Morgan fingerprint density at radius 3 is 2.37 bits per heavy atom. The topological polar surface area (TPSA) is 45.1 Å². The van der Waals surface area contributed by atoms with Gasteiger partial charge in [0.25, 0.3) is 0 Å². The molecule has 0 bridgehead atoms. The third-order valence-electron chi connectivity index (χ3n) is 2.75. The number of nitrogens with zero attached hydrogens (tertiary/aromatic N) is 1. The fourth-order valence-corrected chi connectivity index (χ4v) is 2.43. The molecule has 2 rings (SSSR count). The third-order valence-corrected chi connectivity index (χ3v) is 3.41. The summed E-state index contributed by atoms with van der Waals surface area (Å²) in [6.07, 6.45) is 2.74. The van der Waals surface area contributed by atoms with Crippen LogP contribution >= 0.6 is 23.2 Å². The number of nitrogens with one attached hydrogen (secondary N) is 1. The van der Waals surface area contributed by atoms with Crippen LogP contribution in [0.25, 0.3) is 0 Å². The Labute approximate surface area is 122 Å². The number of pyridine rings is 1. The van der Waals surface area contributed by atoms with Crippen molar-refractivity contribution >= 4 is 23.2 Å². The highest BCUT2D eigenvalue weighted by molar-refractivity contribution is 6.36. The number of benzene rings is 1. The van der Waals surface area contributed by atoms with Crippen molar-refractivity contribution in [1.82, 2.24) is 10.3 Å². The van der Waals surface area contributed by atoms with Crippen molar-refractivity contribution in [1.29, 1.82) is 0 Å². The van der Waals surface area contributed by atoms with Gasteiger partial charge in [0.15, 0.2) is 0 Å². The van der Waals surface area contributed by atoms with Crippen molar-refractivity contribution in [2.75, 3.05) is 6.54 Å². The molecule has 2 N–H and O–H groups in total. The van der Waals surface area contributed by atoms with Gasteiger partial charge in [0.1, 0.15) is 0 Å². The number of hydrogen-bond donors (Lipinski definition) is 2. The highest BCUT2D eigenvalue weighted by atomic mass is 35.5. The van der Waals surface area contributed by atoms with E-state index < -0.39 is 6.10 Å². The lowest BCUT2D eigenvalue weighted by Gasteiger charge is -2.15. The minimum atomic E-state index is -0.733. The first-order chi connectivity index (χ1) is 9.18. The molecule has 2 aromatic rings. The Morgan fingerprint density at radius 1 is 1.11 bits per heavy atom. The molecule has 5 heteroatoms. The molecule has 1 aromatic carbocycles. The quantitative estimate of drug-likeness (QED) is 0.890. The van der Waals surface area contributed by atoms with Crippen molar-refractivity contribution in [3.8, 4) is 0 Å². The molecule has 1 atom stereocenters. The number of halogens is 2. The van der Waals surface area contributed by atoms with E-state index >= 15 is 0 Å². The maximum Gasteiger partial charge on any atom is 0.0943 e. The Morgan fingerprint density at radius 2 is 1.74 bits per heavy atom. The van der Waals surface area contributed by atoms with Gasteiger partial charge >= 0.3 is 0 Å². The van der Waals surface area contributed by atoms with Crippen molar-refractivity contribution in [3.63, 3.8) is 0 Å². The molecule has 0 spiro atoms. The fraction of sp³-hybridized carbons (Fsp3) is 0.214. The summed E-state index contributed by atoms with van der Waals surface area (Å²) in [6, 6.07) is 9.03. The van der Waals surface area contributed by atoms with Crippen LogP contribution in [0.15, 0.2) is 42.7 Å². The number of rotatable bonds is 5. The second-order valence-corrected chi connectivity index (χ2v) is 4.95. The zero-order chi connectivity index (χ0) is 13.7. The lowest BCUT2D eigenvalue weighted by atomic mass is 10.1. The molecule has 1 aromatic heterocycles. The fourth-order valence-electron chi connectivity index (χ4n) is 1.78. The molecule has 0 saturated carbocycles. The Kier molecular flexibility index (Phi) is 5.16. The smallest absolute Gasteiger partial charge is 0.0943 e. The molecule has 1 unspecified atom stereocenters. The minimum Gasteiger partial charge on any atom is -0.387 e. The van der Waals surface area contributed by atoms with Gasteiger partial charge in [0, 0.05) is 41.1 Å². The lowest BCUT2D eigenvalue weighted by molar-refractivity contribution is 0.174. The van der Waals surface area contributed by atoms with Gasteiger partial charge in [-0.1, -0.05) is 29.3 Å². The summed E-state index contributed by atoms with van der Waals surface area (Å²) in [6.45, 7) is 1.04. The summed E-state index contributed by atoms with van der Waals surface area (Å²) in [5, 5.41) is 14.2.